The standard InChI is InChI=1S/C15H24N2O2S/c1-10-8-15(3,4)9-13(10)17-12-6-5-7-14(11(12)2)20(16,18)19/h5-7,10,13,17H,8-9H2,1-4H3,(H2,16,18,19). The Morgan fingerprint density at radius 2 is 1.95 bits per heavy atom. The molecule has 1 aliphatic carbocycles. The van der Waals surface area contributed by atoms with Crippen LogP contribution in [0.25, 0.3) is 0 Å². The van der Waals surface area contributed by atoms with Crippen molar-refractivity contribution in [3.8, 4) is 0 Å². The predicted molar refractivity (Wildman–Crippen MR) is 82.1 cm³/mol. The number of hydrogen-bond donors (Lipinski definition) is 2. The third kappa shape index (κ3) is 3.15. The zero-order valence-electron chi connectivity index (χ0n) is 12.6. The van der Waals surface area contributed by atoms with Gasteiger partial charge in [0.2, 0.25) is 10.0 Å². The third-order valence-corrected chi connectivity index (χ3v) is 5.32. The minimum atomic E-state index is -3.67. The van der Waals surface area contributed by atoms with Gasteiger partial charge in [-0.3, -0.25) is 0 Å². The first-order valence-electron chi connectivity index (χ1n) is 6.99. The van der Waals surface area contributed by atoms with Gasteiger partial charge < -0.3 is 5.32 Å². The third-order valence-electron chi connectivity index (χ3n) is 4.27. The normalized spacial score (nSPS) is 25.6. The molecule has 0 aromatic heterocycles. The molecule has 4 nitrogen and oxygen atoms in total. The number of rotatable bonds is 3. The second-order valence-electron chi connectivity index (χ2n) is 6.77. The van der Waals surface area contributed by atoms with Gasteiger partial charge in [-0.15, -0.1) is 0 Å². The molecule has 1 fully saturated rings. The van der Waals surface area contributed by atoms with Crippen LogP contribution in [0.1, 0.15) is 39.2 Å². The molecule has 0 radical (unpaired) electrons. The molecule has 20 heavy (non-hydrogen) atoms. The van der Waals surface area contributed by atoms with Crippen LogP contribution in [-0.4, -0.2) is 14.5 Å². The van der Waals surface area contributed by atoms with Crippen molar-refractivity contribution >= 4 is 15.7 Å². The highest BCUT2D eigenvalue weighted by Gasteiger charge is 2.36. The molecule has 0 spiro atoms. The Hall–Kier alpha value is -1.07. The lowest BCUT2D eigenvalue weighted by molar-refractivity contribution is 0.366. The summed E-state index contributed by atoms with van der Waals surface area (Å²) in [5.41, 5.74) is 1.90. The first kappa shape index (κ1) is 15.3. The molecule has 2 unspecified atom stereocenters. The number of anilines is 1. The Kier molecular flexibility index (Phi) is 3.86. The van der Waals surface area contributed by atoms with Crippen molar-refractivity contribution in [2.75, 3.05) is 5.32 Å². The Morgan fingerprint density at radius 1 is 1.30 bits per heavy atom. The van der Waals surface area contributed by atoms with Crippen LogP contribution in [0.3, 0.4) is 0 Å². The molecule has 5 heteroatoms. The number of nitrogens with one attached hydrogen (secondary N) is 1. The van der Waals surface area contributed by atoms with Crippen LogP contribution in [0.5, 0.6) is 0 Å². The Bertz CT molecular complexity index is 608. The number of primary sulfonamides is 1. The van der Waals surface area contributed by atoms with Gasteiger partial charge in [-0.2, -0.15) is 0 Å². The quantitative estimate of drug-likeness (QED) is 0.901. The highest BCUT2D eigenvalue weighted by Crippen LogP contribution is 2.42. The summed E-state index contributed by atoms with van der Waals surface area (Å²) < 4.78 is 23.1. The fourth-order valence-corrected chi connectivity index (χ4v) is 4.17. The topological polar surface area (TPSA) is 72.2 Å². The zero-order chi connectivity index (χ0) is 15.1. The lowest BCUT2D eigenvalue weighted by atomic mass is 9.91. The van der Waals surface area contributed by atoms with Gasteiger partial charge in [-0.05, 0) is 48.8 Å². The van der Waals surface area contributed by atoms with E-state index in [0.717, 1.165) is 12.1 Å². The van der Waals surface area contributed by atoms with E-state index in [1.807, 2.05) is 6.07 Å². The first-order valence-corrected chi connectivity index (χ1v) is 8.54. The van der Waals surface area contributed by atoms with Crippen LogP contribution in [-0.2, 0) is 10.0 Å². The smallest absolute Gasteiger partial charge is 0.238 e. The molecule has 0 aliphatic heterocycles. The lowest BCUT2D eigenvalue weighted by Gasteiger charge is -2.21. The first-order chi connectivity index (χ1) is 9.10. The van der Waals surface area contributed by atoms with Gasteiger partial charge in [0.05, 0.1) is 4.90 Å². The summed E-state index contributed by atoms with van der Waals surface area (Å²) in [6.07, 6.45) is 2.27. The van der Waals surface area contributed by atoms with Crippen LogP contribution >= 0.6 is 0 Å². The minimum Gasteiger partial charge on any atom is -0.382 e. The fourth-order valence-electron chi connectivity index (χ4n) is 3.37. The molecule has 1 aromatic carbocycles. The van der Waals surface area contributed by atoms with Gasteiger partial charge in [0.1, 0.15) is 0 Å². The van der Waals surface area contributed by atoms with E-state index < -0.39 is 10.0 Å². The number of nitrogens with two attached hydrogens (primary N) is 1. The summed E-state index contributed by atoms with van der Waals surface area (Å²) in [6, 6.07) is 5.58. The second-order valence-corrected chi connectivity index (χ2v) is 8.30. The van der Waals surface area contributed by atoms with Gasteiger partial charge in [0, 0.05) is 11.7 Å². The van der Waals surface area contributed by atoms with Crippen molar-refractivity contribution in [2.24, 2.45) is 16.5 Å². The monoisotopic (exact) mass is 296 g/mol. The fraction of sp³-hybridized carbons (Fsp3) is 0.600. The molecular weight excluding hydrogens is 272 g/mol. The van der Waals surface area contributed by atoms with E-state index >= 15 is 0 Å². The van der Waals surface area contributed by atoms with Crippen LogP contribution in [0.4, 0.5) is 5.69 Å². The van der Waals surface area contributed by atoms with Gasteiger partial charge >= 0.3 is 0 Å². The second kappa shape index (κ2) is 5.04. The van der Waals surface area contributed by atoms with Gasteiger partial charge in [0.15, 0.2) is 0 Å². The van der Waals surface area contributed by atoms with E-state index in [4.69, 9.17) is 5.14 Å². The van der Waals surface area contributed by atoms with E-state index in [1.54, 1.807) is 19.1 Å². The molecule has 1 aliphatic rings. The van der Waals surface area contributed by atoms with Crippen LogP contribution in [0.15, 0.2) is 23.1 Å². The molecule has 0 heterocycles. The highest BCUT2D eigenvalue weighted by atomic mass is 32.2. The molecule has 1 saturated carbocycles. The molecule has 0 amide bonds. The molecule has 0 saturated heterocycles. The van der Waals surface area contributed by atoms with Crippen molar-refractivity contribution in [1.29, 1.82) is 0 Å². The molecule has 2 rings (SSSR count). The largest absolute Gasteiger partial charge is 0.382 e. The van der Waals surface area contributed by atoms with Crippen molar-refractivity contribution < 1.29 is 8.42 Å². The van der Waals surface area contributed by atoms with E-state index in [-0.39, 0.29) is 4.90 Å². The SMILES string of the molecule is Cc1c(NC2CC(C)(C)CC2C)cccc1S(N)(=O)=O. The van der Waals surface area contributed by atoms with Crippen molar-refractivity contribution in [2.45, 2.75) is 51.5 Å². The molecule has 1 aromatic rings. The highest BCUT2D eigenvalue weighted by molar-refractivity contribution is 7.89. The average molecular weight is 296 g/mol. The Morgan fingerprint density at radius 3 is 2.45 bits per heavy atom. The lowest BCUT2D eigenvalue weighted by Crippen LogP contribution is -2.23. The summed E-state index contributed by atoms with van der Waals surface area (Å²) in [5.74, 6) is 0.572. The summed E-state index contributed by atoms with van der Waals surface area (Å²) in [4.78, 5) is 0.201. The van der Waals surface area contributed by atoms with Crippen molar-refractivity contribution in [1.82, 2.24) is 0 Å². The van der Waals surface area contributed by atoms with Crippen LogP contribution in [0, 0.1) is 18.3 Å². The van der Waals surface area contributed by atoms with E-state index in [0.29, 0.717) is 22.9 Å². The molecule has 2 atom stereocenters. The molecule has 3 N–H and O–H groups in total. The van der Waals surface area contributed by atoms with Crippen LogP contribution in [0.2, 0.25) is 0 Å². The number of sulfonamides is 1. The van der Waals surface area contributed by atoms with E-state index in [2.05, 4.69) is 26.1 Å². The molecule has 112 valence electrons. The molecular formula is C15H24N2O2S. The average Bonchev–Trinajstić information content (AvgIpc) is 2.53. The summed E-state index contributed by atoms with van der Waals surface area (Å²) in [5, 5.41) is 8.76. The number of hydrogen-bond acceptors (Lipinski definition) is 3. The Balaban J connectivity index is 2.28. The van der Waals surface area contributed by atoms with E-state index in [9.17, 15) is 8.42 Å². The maximum Gasteiger partial charge on any atom is 0.238 e. The predicted octanol–water partition coefficient (Wildman–Crippen LogP) is 2.88. The minimum absolute atomic E-state index is 0.201. The van der Waals surface area contributed by atoms with Crippen molar-refractivity contribution in [3.05, 3.63) is 23.8 Å². The summed E-state index contributed by atoms with van der Waals surface area (Å²) in [7, 11) is -3.67. The van der Waals surface area contributed by atoms with Gasteiger partial charge in [-0.1, -0.05) is 26.8 Å². The Labute approximate surface area is 121 Å². The maximum atomic E-state index is 11.6. The molecule has 0 bridgehead atoms. The van der Waals surface area contributed by atoms with Crippen molar-refractivity contribution in [3.63, 3.8) is 0 Å². The maximum absolute atomic E-state index is 11.6. The van der Waals surface area contributed by atoms with Gasteiger partial charge in [-0.25, -0.2) is 13.6 Å². The summed E-state index contributed by atoms with van der Waals surface area (Å²) >= 11 is 0. The number of benzene rings is 1. The summed E-state index contributed by atoms with van der Waals surface area (Å²) in [6.45, 7) is 8.59. The van der Waals surface area contributed by atoms with Gasteiger partial charge in [0.25, 0.3) is 0 Å². The van der Waals surface area contributed by atoms with Crippen LogP contribution < -0.4 is 10.5 Å². The zero-order valence-corrected chi connectivity index (χ0v) is 13.4. The van der Waals surface area contributed by atoms with E-state index in [1.165, 1.54) is 6.42 Å².